The van der Waals surface area contributed by atoms with Crippen molar-refractivity contribution < 1.29 is 9.47 Å². The normalized spacial score (nSPS) is 18.3. The molecule has 0 radical (unpaired) electrons. The molecule has 1 aromatic carbocycles. The lowest BCUT2D eigenvalue weighted by molar-refractivity contribution is -0.169. The molecule has 0 N–H and O–H groups in total. The van der Waals surface area contributed by atoms with Gasteiger partial charge in [0.1, 0.15) is 5.82 Å². The van der Waals surface area contributed by atoms with Crippen LogP contribution < -0.4 is 9.80 Å². The van der Waals surface area contributed by atoms with E-state index in [9.17, 15) is 0 Å². The molecule has 1 spiro atoms. The van der Waals surface area contributed by atoms with E-state index in [1.54, 1.807) is 0 Å². The maximum Gasteiger partial charge on any atom is 0.227 e. The molecular weight excluding hydrogens is 364 g/mol. The molecule has 4 rings (SSSR count). The lowest BCUT2D eigenvalue weighted by atomic mass is 10.0. The first kappa shape index (κ1) is 20.1. The minimum atomic E-state index is -0.370. The Kier molecular flexibility index (Phi) is 6.31. The van der Waals surface area contributed by atoms with Gasteiger partial charge in [0.2, 0.25) is 5.95 Å². The molecule has 29 heavy (non-hydrogen) atoms. The van der Waals surface area contributed by atoms with E-state index < -0.39 is 0 Å². The molecule has 1 aromatic heterocycles. The Morgan fingerprint density at radius 3 is 2.24 bits per heavy atom. The second-order valence-electron chi connectivity index (χ2n) is 7.86. The monoisotopic (exact) mass is 396 g/mol. The highest BCUT2D eigenvalue weighted by atomic mass is 16.7. The van der Waals surface area contributed by atoms with E-state index in [-0.39, 0.29) is 5.79 Å². The largest absolute Gasteiger partial charge is 0.356 e. The van der Waals surface area contributed by atoms with Crippen LogP contribution in [0.15, 0.2) is 36.4 Å². The van der Waals surface area contributed by atoms with Crippen LogP contribution in [-0.2, 0) is 9.47 Å². The van der Waals surface area contributed by atoms with Gasteiger partial charge in [0.15, 0.2) is 5.79 Å². The Balaban J connectivity index is 1.64. The van der Waals surface area contributed by atoms with Gasteiger partial charge in [-0.1, -0.05) is 44.2 Å². The zero-order valence-corrected chi connectivity index (χ0v) is 17.6. The molecule has 0 saturated carbocycles. The Hall–Kier alpha value is -2.18. The van der Waals surface area contributed by atoms with Gasteiger partial charge in [-0.05, 0) is 12.8 Å². The molecule has 2 aliphatic rings. The van der Waals surface area contributed by atoms with Crippen molar-refractivity contribution in [2.75, 3.05) is 49.2 Å². The van der Waals surface area contributed by atoms with E-state index in [0.717, 1.165) is 74.9 Å². The van der Waals surface area contributed by atoms with E-state index in [2.05, 4.69) is 54.0 Å². The summed E-state index contributed by atoms with van der Waals surface area (Å²) in [6.45, 7) is 9.52. The molecule has 2 saturated heterocycles. The Labute approximate surface area is 173 Å². The highest BCUT2D eigenvalue weighted by Crippen LogP contribution is 2.34. The van der Waals surface area contributed by atoms with Crippen LogP contribution in [-0.4, -0.2) is 55.1 Å². The molecule has 0 amide bonds. The molecule has 0 atom stereocenters. The van der Waals surface area contributed by atoms with Crippen LogP contribution in [0.5, 0.6) is 0 Å². The summed E-state index contributed by atoms with van der Waals surface area (Å²) in [6.07, 6.45) is 3.91. The van der Waals surface area contributed by atoms with Crippen LogP contribution >= 0.6 is 0 Å². The summed E-state index contributed by atoms with van der Waals surface area (Å²) < 4.78 is 11.8. The summed E-state index contributed by atoms with van der Waals surface area (Å²) in [6, 6.07) is 12.5. The van der Waals surface area contributed by atoms with Crippen LogP contribution in [0.2, 0.25) is 0 Å². The molecule has 6 heteroatoms. The number of hydrogen-bond donors (Lipinski definition) is 0. The van der Waals surface area contributed by atoms with Crippen LogP contribution in [0.4, 0.5) is 11.8 Å². The average Bonchev–Trinajstić information content (AvgIpc) is 3.22. The fraction of sp³-hybridized carbons (Fsp3) is 0.565. The van der Waals surface area contributed by atoms with Gasteiger partial charge in [-0.25, -0.2) is 4.98 Å². The fourth-order valence-electron chi connectivity index (χ4n) is 4.20. The Morgan fingerprint density at radius 2 is 1.62 bits per heavy atom. The Bertz CT molecular complexity index is 777. The summed E-state index contributed by atoms with van der Waals surface area (Å²) in [7, 11) is 0. The van der Waals surface area contributed by atoms with Crippen LogP contribution in [0.1, 0.15) is 39.5 Å². The molecule has 3 heterocycles. The Morgan fingerprint density at radius 1 is 0.966 bits per heavy atom. The number of rotatable bonds is 7. The summed E-state index contributed by atoms with van der Waals surface area (Å²) in [4.78, 5) is 14.6. The third-order valence-corrected chi connectivity index (χ3v) is 5.70. The van der Waals surface area contributed by atoms with Crippen molar-refractivity contribution in [3.8, 4) is 11.3 Å². The van der Waals surface area contributed by atoms with Gasteiger partial charge in [0.05, 0.1) is 18.9 Å². The molecule has 0 unspecified atom stereocenters. The zero-order chi connectivity index (χ0) is 20.1. The maximum absolute atomic E-state index is 5.89. The number of hydrogen-bond acceptors (Lipinski definition) is 6. The van der Waals surface area contributed by atoms with Gasteiger partial charge < -0.3 is 19.3 Å². The van der Waals surface area contributed by atoms with Gasteiger partial charge in [-0.3, -0.25) is 0 Å². The van der Waals surface area contributed by atoms with Gasteiger partial charge >= 0.3 is 0 Å². The highest BCUT2D eigenvalue weighted by molar-refractivity contribution is 5.65. The van der Waals surface area contributed by atoms with Crippen molar-refractivity contribution in [3.63, 3.8) is 0 Å². The van der Waals surface area contributed by atoms with E-state index in [0.29, 0.717) is 13.2 Å². The average molecular weight is 397 g/mol. The van der Waals surface area contributed by atoms with Crippen molar-refractivity contribution in [1.29, 1.82) is 0 Å². The summed E-state index contributed by atoms with van der Waals surface area (Å²) in [5.74, 6) is 1.46. The second-order valence-corrected chi connectivity index (χ2v) is 7.86. The first-order chi connectivity index (χ1) is 14.2. The van der Waals surface area contributed by atoms with Crippen molar-refractivity contribution in [3.05, 3.63) is 36.4 Å². The standard InChI is InChI=1S/C23H32N4O2/c1-3-12-27(13-4-2)22-24-20(19-8-6-5-7-9-19)18-21(25-22)26-14-10-23(11-15-26)28-16-17-29-23/h5-9,18H,3-4,10-17H2,1-2H3. The smallest absolute Gasteiger partial charge is 0.227 e. The highest BCUT2D eigenvalue weighted by Gasteiger charge is 2.40. The SMILES string of the molecule is CCCN(CCC)c1nc(-c2ccccc2)cc(N2CCC3(CC2)OCCO3)n1. The predicted octanol–water partition coefficient (Wildman–Crippen LogP) is 4.11. The summed E-state index contributed by atoms with van der Waals surface area (Å²) >= 11 is 0. The van der Waals surface area contributed by atoms with Crippen molar-refractivity contribution in [2.24, 2.45) is 0 Å². The van der Waals surface area contributed by atoms with Crippen LogP contribution in [0.25, 0.3) is 11.3 Å². The van der Waals surface area contributed by atoms with E-state index in [4.69, 9.17) is 19.4 Å². The number of ether oxygens (including phenoxy) is 2. The molecule has 156 valence electrons. The zero-order valence-electron chi connectivity index (χ0n) is 17.6. The molecule has 2 aromatic rings. The van der Waals surface area contributed by atoms with Crippen molar-refractivity contribution >= 4 is 11.8 Å². The van der Waals surface area contributed by atoms with Crippen LogP contribution in [0.3, 0.4) is 0 Å². The summed E-state index contributed by atoms with van der Waals surface area (Å²) in [5, 5.41) is 0. The number of piperidine rings is 1. The van der Waals surface area contributed by atoms with E-state index in [1.807, 2.05) is 6.07 Å². The van der Waals surface area contributed by atoms with Crippen molar-refractivity contribution in [1.82, 2.24) is 9.97 Å². The van der Waals surface area contributed by atoms with Crippen LogP contribution in [0, 0.1) is 0 Å². The number of anilines is 2. The molecular formula is C23H32N4O2. The van der Waals surface area contributed by atoms with Crippen molar-refractivity contribution in [2.45, 2.75) is 45.3 Å². The fourth-order valence-corrected chi connectivity index (χ4v) is 4.20. The third-order valence-electron chi connectivity index (χ3n) is 5.70. The van der Waals surface area contributed by atoms with Gasteiger partial charge in [-0.2, -0.15) is 4.98 Å². The minimum Gasteiger partial charge on any atom is -0.356 e. The second kappa shape index (κ2) is 9.09. The number of benzene rings is 1. The minimum absolute atomic E-state index is 0.370. The number of nitrogens with zero attached hydrogens (tertiary/aromatic N) is 4. The quantitative estimate of drug-likeness (QED) is 0.702. The molecule has 2 aliphatic heterocycles. The predicted molar refractivity (Wildman–Crippen MR) is 116 cm³/mol. The first-order valence-electron chi connectivity index (χ1n) is 11.0. The third kappa shape index (κ3) is 4.54. The first-order valence-corrected chi connectivity index (χ1v) is 11.0. The summed E-state index contributed by atoms with van der Waals surface area (Å²) in [5.41, 5.74) is 2.11. The molecule has 6 nitrogen and oxygen atoms in total. The van der Waals surface area contributed by atoms with E-state index >= 15 is 0 Å². The van der Waals surface area contributed by atoms with Gasteiger partial charge in [0, 0.05) is 50.7 Å². The number of aromatic nitrogens is 2. The lowest BCUT2D eigenvalue weighted by Crippen LogP contribution is -2.45. The molecule has 0 aliphatic carbocycles. The molecule has 0 bridgehead atoms. The van der Waals surface area contributed by atoms with Gasteiger partial charge in [-0.15, -0.1) is 0 Å². The molecule has 2 fully saturated rings. The van der Waals surface area contributed by atoms with E-state index in [1.165, 1.54) is 0 Å². The van der Waals surface area contributed by atoms with Gasteiger partial charge in [0.25, 0.3) is 0 Å². The lowest BCUT2D eigenvalue weighted by Gasteiger charge is -2.38. The maximum atomic E-state index is 5.89. The topological polar surface area (TPSA) is 50.7 Å².